The lowest BCUT2D eigenvalue weighted by Crippen LogP contribution is -1.90. The molecule has 0 amide bonds. The Morgan fingerprint density at radius 3 is 1.38 bits per heavy atom. The first-order chi connectivity index (χ1) is 19.8. The van der Waals surface area contributed by atoms with Crippen molar-refractivity contribution >= 4 is 65.4 Å². The van der Waals surface area contributed by atoms with Crippen LogP contribution in [0.25, 0.3) is 87.7 Å². The van der Waals surface area contributed by atoms with Gasteiger partial charge < -0.3 is 8.83 Å². The van der Waals surface area contributed by atoms with Crippen molar-refractivity contribution in [1.29, 1.82) is 0 Å². The zero-order chi connectivity index (χ0) is 26.2. The summed E-state index contributed by atoms with van der Waals surface area (Å²) >= 11 is 0. The number of para-hydroxylation sites is 1. The highest BCUT2D eigenvalue weighted by Gasteiger charge is 2.19. The van der Waals surface area contributed by atoms with Crippen LogP contribution in [0.15, 0.2) is 142 Å². The van der Waals surface area contributed by atoms with Gasteiger partial charge in [-0.15, -0.1) is 0 Å². The van der Waals surface area contributed by atoms with Crippen LogP contribution < -0.4 is 0 Å². The zero-order valence-corrected chi connectivity index (χ0v) is 21.5. The monoisotopic (exact) mass is 510 g/mol. The smallest absolute Gasteiger partial charge is 0.136 e. The summed E-state index contributed by atoms with van der Waals surface area (Å²) in [4.78, 5) is 0. The molecule has 0 atom stereocenters. The van der Waals surface area contributed by atoms with E-state index in [4.69, 9.17) is 8.83 Å². The summed E-state index contributed by atoms with van der Waals surface area (Å²) in [6, 6.07) is 47.2. The number of hydrogen-bond acceptors (Lipinski definition) is 2. The Morgan fingerprint density at radius 1 is 0.300 bits per heavy atom. The molecule has 0 bridgehead atoms. The van der Waals surface area contributed by atoms with Crippen molar-refractivity contribution in [2.24, 2.45) is 0 Å². The molecule has 0 unspecified atom stereocenters. The molecule has 40 heavy (non-hydrogen) atoms. The van der Waals surface area contributed by atoms with E-state index in [0.717, 1.165) is 43.9 Å². The molecule has 0 aliphatic rings. The minimum absolute atomic E-state index is 0.875. The lowest BCUT2D eigenvalue weighted by molar-refractivity contribution is 0.663. The molecule has 7 aromatic carbocycles. The van der Waals surface area contributed by atoms with Gasteiger partial charge >= 0.3 is 0 Å². The molecule has 0 saturated heterocycles. The van der Waals surface area contributed by atoms with Crippen LogP contribution in [0, 0.1) is 0 Å². The minimum Gasteiger partial charge on any atom is -0.456 e. The van der Waals surface area contributed by atoms with E-state index in [1.165, 1.54) is 43.8 Å². The van der Waals surface area contributed by atoms with Crippen molar-refractivity contribution in [2.75, 3.05) is 0 Å². The quantitative estimate of drug-likeness (QED) is 0.216. The van der Waals surface area contributed by atoms with Gasteiger partial charge in [-0.05, 0) is 74.1 Å². The first kappa shape index (κ1) is 21.6. The predicted octanol–water partition coefficient (Wildman–Crippen LogP) is 11.1. The second-order valence-corrected chi connectivity index (χ2v) is 10.4. The maximum atomic E-state index is 6.38. The Kier molecular flexibility index (Phi) is 4.36. The van der Waals surface area contributed by atoms with Crippen LogP contribution in [0.2, 0.25) is 0 Å². The van der Waals surface area contributed by atoms with Crippen molar-refractivity contribution in [1.82, 2.24) is 0 Å². The summed E-state index contributed by atoms with van der Waals surface area (Å²) in [7, 11) is 0. The first-order valence-corrected chi connectivity index (χ1v) is 13.6. The fraction of sp³-hybridized carbons (Fsp3) is 0. The Morgan fingerprint density at radius 2 is 0.750 bits per heavy atom. The minimum atomic E-state index is 0.875. The normalized spacial score (nSPS) is 12.0. The summed E-state index contributed by atoms with van der Waals surface area (Å²) in [5.74, 6) is 0. The van der Waals surface area contributed by atoms with Gasteiger partial charge in [0.15, 0.2) is 0 Å². The average molecular weight is 511 g/mol. The molecule has 9 rings (SSSR count). The Hall–Kier alpha value is -5.34. The van der Waals surface area contributed by atoms with Crippen molar-refractivity contribution in [3.63, 3.8) is 0 Å². The summed E-state index contributed by atoms with van der Waals surface area (Å²) in [6.45, 7) is 0. The molecule has 0 spiro atoms. The third-order valence-corrected chi connectivity index (χ3v) is 8.26. The second-order valence-electron chi connectivity index (χ2n) is 10.4. The second kappa shape index (κ2) is 8.08. The van der Waals surface area contributed by atoms with Crippen molar-refractivity contribution in [3.05, 3.63) is 133 Å². The van der Waals surface area contributed by atoms with E-state index in [1.54, 1.807) is 0 Å². The predicted molar refractivity (Wildman–Crippen MR) is 167 cm³/mol. The largest absolute Gasteiger partial charge is 0.456 e. The van der Waals surface area contributed by atoms with E-state index in [1.807, 2.05) is 24.3 Å². The third kappa shape index (κ3) is 2.93. The Bertz CT molecular complexity index is 2370. The fourth-order valence-electron chi connectivity index (χ4n) is 6.59. The van der Waals surface area contributed by atoms with Crippen LogP contribution in [0.3, 0.4) is 0 Å². The molecule has 0 fully saturated rings. The van der Waals surface area contributed by atoms with E-state index in [0.29, 0.717) is 0 Å². The van der Waals surface area contributed by atoms with Gasteiger partial charge in [-0.2, -0.15) is 0 Å². The van der Waals surface area contributed by atoms with Gasteiger partial charge in [0.05, 0.1) is 0 Å². The fourth-order valence-corrected chi connectivity index (χ4v) is 6.59. The van der Waals surface area contributed by atoms with Crippen molar-refractivity contribution < 1.29 is 8.83 Å². The maximum absolute atomic E-state index is 6.38. The SMILES string of the molecule is c1ccc(-c2c3ccccc3c(-c3ccc4oc5ccc6oc7ccccc7c6c5c4c3)c3ccccc23)cc1. The molecule has 2 nitrogen and oxygen atoms in total. The molecular weight excluding hydrogens is 488 g/mol. The average Bonchev–Trinajstić information content (AvgIpc) is 3.58. The standard InChI is InChI=1S/C38H22O2/c1-2-10-23(11-3-1)35-25-12-4-6-14-27(25)36(28-15-7-5-13-26(28)35)24-18-19-32-30(22-24)38-34(40-32)21-20-33-37(38)29-16-8-9-17-31(29)39-33/h1-22H. The third-order valence-electron chi connectivity index (χ3n) is 8.26. The number of furan rings is 2. The van der Waals surface area contributed by atoms with E-state index >= 15 is 0 Å². The Labute approximate surface area is 229 Å². The summed E-state index contributed by atoms with van der Waals surface area (Å²) < 4.78 is 12.6. The molecule has 2 heteroatoms. The highest BCUT2D eigenvalue weighted by molar-refractivity contribution is 6.27. The van der Waals surface area contributed by atoms with E-state index < -0.39 is 0 Å². The molecule has 2 heterocycles. The van der Waals surface area contributed by atoms with Gasteiger partial charge in [0.1, 0.15) is 22.3 Å². The molecule has 0 aliphatic heterocycles. The van der Waals surface area contributed by atoms with Gasteiger partial charge in [-0.25, -0.2) is 0 Å². The highest BCUT2D eigenvalue weighted by atomic mass is 16.3. The molecule has 0 aliphatic carbocycles. The summed E-state index contributed by atoms with van der Waals surface area (Å²) in [5.41, 5.74) is 8.45. The Balaban J connectivity index is 1.42. The molecule has 0 saturated carbocycles. The van der Waals surface area contributed by atoms with Gasteiger partial charge in [-0.3, -0.25) is 0 Å². The van der Waals surface area contributed by atoms with Gasteiger partial charge in [-0.1, -0.05) is 103 Å². The lowest BCUT2D eigenvalue weighted by atomic mass is 9.86. The lowest BCUT2D eigenvalue weighted by Gasteiger charge is -2.17. The molecular formula is C38H22O2. The van der Waals surface area contributed by atoms with Crippen LogP contribution in [0.4, 0.5) is 0 Å². The van der Waals surface area contributed by atoms with Crippen LogP contribution in [0.1, 0.15) is 0 Å². The van der Waals surface area contributed by atoms with Crippen LogP contribution >= 0.6 is 0 Å². The summed E-state index contributed by atoms with van der Waals surface area (Å²) in [5, 5.41) is 9.42. The van der Waals surface area contributed by atoms with Crippen molar-refractivity contribution in [3.8, 4) is 22.3 Å². The van der Waals surface area contributed by atoms with E-state index in [2.05, 4.69) is 109 Å². The maximum Gasteiger partial charge on any atom is 0.136 e. The number of benzene rings is 7. The number of fused-ring (bicyclic) bond motifs is 9. The molecule has 186 valence electrons. The number of hydrogen-bond donors (Lipinski definition) is 0. The molecule has 0 radical (unpaired) electrons. The molecule has 0 N–H and O–H groups in total. The summed E-state index contributed by atoms with van der Waals surface area (Å²) in [6.07, 6.45) is 0. The first-order valence-electron chi connectivity index (χ1n) is 13.6. The molecule has 9 aromatic rings. The van der Waals surface area contributed by atoms with Gasteiger partial charge in [0, 0.05) is 21.5 Å². The van der Waals surface area contributed by atoms with E-state index in [9.17, 15) is 0 Å². The zero-order valence-electron chi connectivity index (χ0n) is 21.5. The van der Waals surface area contributed by atoms with Crippen molar-refractivity contribution in [2.45, 2.75) is 0 Å². The van der Waals surface area contributed by atoms with Crippen LogP contribution in [-0.4, -0.2) is 0 Å². The molecule has 2 aromatic heterocycles. The topological polar surface area (TPSA) is 26.3 Å². The van der Waals surface area contributed by atoms with Gasteiger partial charge in [0.2, 0.25) is 0 Å². The van der Waals surface area contributed by atoms with Crippen LogP contribution in [-0.2, 0) is 0 Å². The number of rotatable bonds is 2. The van der Waals surface area contributed by atoms with Crippen LogP contribution in [0.5, 0.6) is 0 Å². The van der Waals surface area contributed by atoms with E-state index in [-0.39, 0.29) is 0 Å². The highest BCUT2D eigenvalue weighted by Crippen LogP contribution is 2.46. The van der Waals surface area contributed by atoms with Gasteiger partial charge in [0.25, 0.3) is 0 Å².